The lowest BCUT2D eigenvalue weighted by Gasteiger charge is -2.25. The van der Waals surface area contributed by atoms with E-state index in [1.165, 1.54) is 5.56 Å². The van der Waals surface area contributed by atoms with Gasteiger partial charge in [-0.25, -0.2) is 0 Å². The number of ether oxygens (including phenoxy) is 1. The predicted octanol–water partition coefficient (Wildman–Crippen LogP) is 2.30. The number of benzene rings is 1. The van der Waals surface area contributed by atoms with Gasteiger partial charge in [0.25, 0.3) is 0 Å². The molecule has 4 nitrogen and oxygen atoms in total. The minimum atomic E-state index is 0.243. The van der Waals surface area contributed by atoms with Crippen molar-refractivity contribution in [1.29, 1.82) is 0 Å². The zero-order valence-electron chi connectivity index (χ0n) is 9.77. The number of hydrogen-bond donors (Lipinski definition) is 1. The summed E-state index contributed by atoms with van der Waals surface area (Å²) in [6, 6.07) is 8.27. The molecule has 0 saturated carbocycles. The van der Waals surface area contributed by atoms with Gasteiger partial charge in [-0.1, -0.05) is 12.1 Å². The average Bonchev–Trinajstić information content (AvgIpc) is 2.87. The maximum absolute atomic E-state index is 5.79. The van der Waals surface area contributed by atoms with E-state index in [1.807, 2.05) is 23.1 Å². The molecule has 1 aliphatic rings. The Hall–Kier alpha value is -1.42. The number of likely N-dealkylation sites (tertiary alicyclic amines) is 1. The number of halogens is 1. The summed E-state index contributed by atoms with van der Waals surface area (Å²) in [4.78, 5) is 2.03. The fourth-order valence-corrected chi connectivity index (χ4v) is 2.38. The van der Waals surface area contributed by atoms with E-state index < -0.39 is 0 Å². The van der Waals surface area contributed by atoms with Crippen LogP contribution in [-0.2, 0) is 0 Å². The second kappa shape index (κ2) is 5.27. The molecule has 92 valence electrons. The predicted molar refractivity (Wildman–Crippen MR) is 69.2 cm³/mol. The Morgan fingerprint density at radius 3 is 3.12 bits per heavy atom. The van der Waals surface area contributed by atoms with Gasteiger partial charge >= 0.3 is 0 Å². The van der Waals surface area contributed by atoms with Crippen molar-refractivity contribution in [2.24, 2.45) is 10.2 Å². The normalized spacial score (nSPS) is 20.7. The van der Waals surface area contributed by atoms with Crippen LogP contribution in [0, 0.1) is 0 Å². The summed E-state index contributed by atoms with van der Waals surface area (Å²) in [5.41, 5.74) is 6.97. The molecule has 1 atom stereocenters. The Kier molecular flexibility index (Phi) is 3.74. The molecular weight excluding hydrogens is 238 g/mol. The maximum Gasteiger partial charge on any atom is 0.209 e. The Morgan fingerprint density at radius 1 is 1.59 bits per heavy atom. The number of nitrogens with zero attached hydrogens (tertiary/aromatic N) is 2. The zero-order valence-corrected chi connectivity index (χ0v) is 10.5. The highest BCUT2D eigenvalue weighted by atomic mass is 35.5. The van der Waals surface area contributed by atoms with E-state index in [-0.39, 0.29) is 6.04 Å². The molecule has 5 heteroatoms. The van der Waals surface area contributed by atoms with Gasteiger partial charge in [-0.2, -0.15) is 0 Å². The standard InChI is InChI=1S/C12H16ClN3O/c1-17-10-5-2-4-9(8-10)11-6-3-7-16(11)12(14)15-13/h2,4-5,8,11H,3,6-7H2,1H3,(H2,14,15). The summed E-state index contributed by atoms with van der Waals surface area (Å²) in [6.07, 6.45) is 2.15. The first-order valence-electron chi connectivity index (χ1n) is 5.61. The second-order valence-electron chi connectivity index (χ2n) is 4.07. The van der Waals surface area contributed by atoms with Gasteiger partial charge in [0.15, 0.2) is 0 Å². The van der Waals surface area contributed by atoms with E-state index in [1.54, 1.807) is 7.11 Å². The summed E-state index contributed by atoms with van der Waals surface area (Å²) < 4.78 is 8.78. The van der Waals surface area contributed by atoms with Crippen LogP contribution in [0.1, 0.15) is 24.4 Å². The number of hydrogen-bond acceptors (Lipinski definition) is 2. The summed E-state index contributed by atoms with van der Waals surface area (Å²) in [7, 11) is 1.67. The Bertz CT molecular complexity index is 422. The van der Waals surface area contributed by atoms with Crippen LogP contribution in [0.4, 0.5) is 0 Å². The lowest BCUT2D eigenvalue weighted by Crippen LogP contribution is -2.36. The molecule has 1 fully saturated rings. The molecule has 1 heterocycles. The second-order valence-corrected chi connectivity index (χ2v) is 4.24. The Morgan fingerprint density at radius 2 is 2.41 bits per heavy atom. The average molecular weight is 254 g/mol. The monoisotopic (exact) mass is 253 g/mol. The van der Waals surface area contributed by atoms with Gasteiger partial charge in [0.05, 0.1) is 13.2 Å². The van der Waals surface area contributed by atoms with E-state index in [0.717, 1.165) is 25.1 Å². The van der Waals surface area contributed by atoms with E-state index in [4.69, 9.17) is 22.2 Å². The fraction of sp³-hybridized carbons (Fsp3) is 0.417. The van der Waals surface area contributed by atoms with E-state index in [9.17, 15) is 0 Å². The molecule has 1 unspecified atom stereocenters. The van der Waals surface area contributed by atoms with Crippen molar-refractivity contribution in [1.82, 2.24) is 4.90 Å². The summed E-state index contributed by atoms with van der Waals surface area (Å²) in [6.45, 7) is 0.893. The largest absolute Gasteiger partial charge is 0.497 e. The Labute approximate surface area is 106 Å². The first-order valence-corrected chi connectivity index (χ1v) is 5.95. The molecule has 0 amide bonds. The number of rotatable bonds is 2. The topological polar surface area (TPSA) is 50.9 Å². The molecule has 2 rings (SSSR count). The van der Waals surface area contributed by atoms with Gasteiger partial charge < -0.3 is 15.4 Å². The minimum Gasteiger partial charge on any atom is -0.497 e. The molecular formula is C12H16ClN3O. The molecule has 0 aromatic heterocycles. The first-order chi connectivity index (χ1) is 8.26. The van der Waals surface area contributed by atoms with E-state index in [2.05, 4.69) is 10.6 Å². The molecule has 0 aliphatic carbocycles. The van der Waals surface area contributed by atoms with Crippen LogP contribution in [-0.4, -0.2) is 24.5 Å². The molecule has 17 heavy (non-hydrogen) atoms. The molecule has 0 spiro atoms. The van der Waals surface area contributed by atoms with Crippen LogP contribution in [0.2, 0.25) is 0 Å². The van der Waals surface area contributed by atoms with Crippen LogP contribution in [0.3, 0.4) is 0 Å². The first kappa shape index (κ1) is 12.0. The summed E-state index contributed by atoms with van der Waals surface area (Å²) in [5, 5.41) is 0. The van der Waals surface area contributed by atoms with Crippen molar-refractivity contribution in [2.75, 3.05) is 13.7 Å². The number of guanidine groups is 1. The lowest BCUT2D eigenvalue weighted by molar-refractivity contribution is 0.389. The van der Waals surface area contributed by atoms with Crippen molar-refractivity contribution >= 4 is 17.7 Å². The Balaban J connectivity index is 2.25. The highest BCUT2D eigenvalue weighted by Gasteiger charge is 2.27. The zero-order chi connectivity index (χ0) is 12.3. The van der Waals surface area contributed by atoms with Crippen molar-refractivity contribution in [3.8, 4) is 5.75 Å². The minimum absolute atomic E-state index is 0.243. The van der Waals surface area contributed by atoms with Crippen molar-refractivity contribution in [3.63, 3.8) is 0 Å². The SMILES string of the molecule is COc1cccc(C2CCCN2/C(N)=N\Cl)c1. The quantitative estimate of drug-likeness (QED) is 0.650. The van der Waals surface area contributed by atoms with Gasteiger partial charge in [0.1, 0.15) is 5.75 Å². The maximum atomic E-state index is 5.79. The van der Waals surface area contributed by atoms with Crippen LogP contribution in [0.5, 0.6) is 5.75 Å². The van der Waals surface area contributed by atoms with E-state index >= 15 is 0 Å². The molecule has 0 radical (unpaired) electrons. The molecule has 1 aliphatic heterocycles. The van der Waals surface area contributed by atoms with E-state index in [0.29, 0.717) is 5.96 Å². The molecule has 2 N–H and O–H groups in total. The van der Waals surface area contributed by atoms with Crippen LogP contribution in [0.15, 0.2) is 28.8 Å². The molecule has 0 bridgehead atoms. The van der Waals surface area contributed by atoms with Gasteiger partial charge in [0.2, 0.25) is 5.96 Å². The third-order valence-corrected chi connectivity index (χ3v) is 3.29. The fourth-order valence-electron chi connectivity index (χ4n) is 2.28. The third kappa shape index (κ3) is 2.47. The van der Waals surface area contributed by atoms with Gasteiger partial charge in [-0.3, -0.25) is 0 Å². The molecule has 1 aromatic carbocycles. The van der Waals surface area contributed by atoms with Gasteiger partial charge in [0, 0.05) is 18.3 Å². The van der Waals surface area contributed by atoms with Crippen molar-refractivity contribution in [3.05, 3.63) is 29.8 Å². The molecule has 1 saturated heterocycles. The smallest absolute Gasteiger partial charge is 0.209 e. The van der Waals surface area contributed by atoms with Crippen molar-refractivity contribution < 1.29 is 4.74 Å². The third-order valence-electron chi connectivity index (χ3n) is 3.11. The highest BCUT2D eigenvalue weighted by molar-refractivity contribution is 6.19. The van der Waals surface area contributed by atoms with Gasteiger partial charge in [-0.15, -0.1) is 4.51 Å². The lowest BCUT2D eigenvalue weighted by atomic mass is 10.0. The van der Waals surface area contributed by atoms with Crippen LogP contribution in [0.25, 0.3) is 0 Å². The summed E-state index contributed by atoms with van der Waals surface area (Å²) >= 11 is 5.44. The summed E-state index contributed by atoms with van der Waals surface area (Å²) in [5.74, 6) is 1.24. The number of nitrogens with two attached hydrogens (primary N) is 1. The molecule has 1 aromatic rings. The van der Waals surface area contributed by atoms with Crippen LogP contribution >= 0.6 is 11.8 Å². The van der Waals surface area contributed by atoms with Crippen molar-refractivity contribution in [2.45, 2.75) is 18.9 Å². The number of methoxy groups -OCH3 is 1. The van der Waals surface area contributed by atoms with Gasteiger partial charge in [-0.05, 0) is 30.5 Å². The van der Waals surface area contributed by atoms with Crippen LogP contribution < -0.4 is 10.5 Å². The highest BCUT2D eigenvalue weighted by Crippen LogP contribution is 2.33.